The number of aliphatic imine (C=N–C) groups is 1. The Labute approximate surface area is 169 Å². The number of rotatable bonds is 9. The van der Waals surface area contributed by atoms with Crippen LogP contribution in [0, 0.1) is 26.7 Å². The minimum Gasteiger partial charge on any atom is -0.496 e. The Balaban J connectivity index is 1.86. The molecule has 6 nitrogen and oxygen atoms in total. The van der Waals surface area contributed by atoms with Crippen LogP contribution >= 0.6 is 0 Å². The molecule has 28 heavy (non-hydrogen) atoms. The van der Waals surface area contributed by atoms with Crippen molar-refractivity contribution in [3.63, 3.8) is 0 Å². The van der Waals surface area contributed by atoms with Gasteiger partial charge in [0.15, 0.2) is 5.96 Å². The second kappa shape index (κ2) is 10.7. The molecule has 1 unspecified atom stereocenters. The van der Waals surface area contributed by atoms with Gasteiger partial charge in [-0.25, -0.2) is 0 Å². The van der Waals surface area contributed by atoms with Crippen molar-refractivity contribution >= 4 is 5.96 Å². The summed E-state index contributed by atoms with van der Waals surface area (Å²) in [6, 6.07) is 8.48. The molecule has 2 N–H and O–H groups in total. The zero-order valence-electron chi connectivity index (χ0n) is 18.2. The number of methoxy groups -OCH3 is 1. The summed E-state index contributed by atoms with van der Waals surface area (Å²) >= 11 is 0. The SMILES string of the molecule is CCNC(=NCC(C)Cn1nc(C)cc1C)NCCc1ccc(C)c(OC)c1. The number of aromatic nitrogens is 2. The molecule has 154 valence electrons. The molecule has 2 rings (SSSR count). The van der Waals surface area contributed by atoms with E-state index in [2.05, 4.69) is 72.4 Å². The van der Waals surface area contributed by atoms with Crippen LogP contribution < -0.4 is 15.4 Å². The Morgan fingerprint density at radius 2 is 2.00 bits per heavy atom. The van der Waals surface area contributed by atoms with E-state index in [0.29, 0.717) is 5.92 Å². The van der Waals surface area contributed by atoms with E-state index in [9.17, 15) is 0 Å². The molecular weight excluding hydrogens is 350 g/mol. The van der Waals surface area contributed by atoms with Gasteiger partial charge in [-0.3, -0.25) is 9.67 Å². The first kappa shape index (κ1) is 21.8. The fourth-order valence-corrected chi connectivity index (χ4v) is 3.15. The molecule has 1 atom stereocenters. The Morgan fingerprint density at radius 3 is 2.64 bits per heavy atom. The van der Waals surface area contributed by atoms with Crippen LogP contribution in [0.2, 0.25) is 0 Å². The number of ether oxygens (including phenoxy) is 1. The van der Waals surface area contributed by atoms with Gasteiger partial charge in [0.25, 0.3) is 0 Å². The number of nitrogens with one attached hydrogen (secondary N) is 2. The van der Waals surface area contributed by atoms with Crippen LogP contribution in [0.15, 0.2) is 29.3 Å². The van der Waals surface area contributed by atoms with Crippen molar-refractivity contribution in [3.8, 4) is 5.75 Å². The van der Waals surface area contributed by atoms with E-state index in [0.717, 1.165) is 55.6 Å². The molecule has 0 spiro atoms. The highest BCUT2D eigenvalue weighted by molar-refractivity contribution is 5.79. The van der Waals surface area contributed by atoms with Gasteiger partial charge in [-0.1, -0.05) is 19.1 Å². The number of guanidine groups is 1. The van der Waals surface area contributed by atoms with E-state index in [-0.39, 0.29) is 0 Å². The number of hydrogen-bond donors (Lipinski definition) is 2. The minimum absolute atomic E-state index is 0.412. The predicted molar refractivity (Wildman–Crippen MR) is 116 cm³/mol. The summed E-state index contributed by atoms with van der Waals surface area (Å²) in [6.07, 6.45) is 0.919. The molecule has 0 aliphatic carbocycles. The quantitative estimate of drug-likeness (QED) is 0.514. The van der Waals surface area contributed by atoms with E-state index >= 15 is 0 Å². The van der Waals surface area contributed by atoms with Gasteiger partial charge in [-0.05, 0) is 63.3 Å². The number of benzene rings is 1. The normalized spacial score (nSPS) is 12.7. The predicted octanol–water partition coefficient (Wildman–Crippen LogP) is 3.25. The van der Waals surface area contributed by atoms with Gasteiger partial charge in [-0.2, -0.15) is 5.10 Å². The van der Waals surface area contributed by atoms with Crippen molar-refractivity contribution in [3.05, 3.63) is 46.8 Å². The lowest BCUT2D eigenvalue weighted by Crippen LogP contribution is -2.38. The van der Waals surface area contributed by atoms with Crippen LogP contribution in [0.5, 0.6) is 5.75 Å². The molecule has 0 bridgehead atoms. The highest BCUT2D eigenvalue weighted by Gasteiger charge is 2.08. The maximum absolute atomic E-state index is 5.41. The molecule has 2 aromatic rings. The Morgan fingerprint density at radius 1 is 1.21 bits per heavy atom. The fraction of sp³-hybridized carbons (Fsp3) is 0.545. The molecule has 0 amide bonds. The third-order valence-corrected chi connectivity index (χ3v) is 4.67. The minimum atomic E-state index is 0.412. The largest absolute Gasteiger partial charge is 0.496 e. The van der Waals surface area contributed by atoms with E-state index in [1.165, 1.54) is 11.3 Å². The van der Waals surface area contributed by atoms with Crippen LogP contribution in [0.4, 0.5) is 0 Å². The summed E-state index contributed by atoms with van der Waals surface area (Å²) in [4.78, 5) is 4.75. The molecule has 0 saturated heterocycles. The number of aryl methyl sites for hydroxylation is 3. The average Bonchev–Trinajstić information content (AvgIpc) is 2.97. The zero-order chi connectivity index (χ0) is 20.5. The van der Waals surface area contributed by atoms with E-state index in [1.807, 2.05) is 6.92 Å². The highest BCUT2D eigenvalue weighted by atomic mass is 16.5. The summed E-state index contributed by atoms with van der Waals surface area (Å²) in [5, 5.41) is 11.3. The van der Waals surface area contributed by atoms with Crippen LogP contribution in [-0.4, -0.2) is 42.5 Å². The van der Waals surface area contributed by atoms with Gasteiger partial charge in [0.2, 0.25) is 0 Å². The van der Waals surface area contributed by atoms with Crippen LogP contribution in [0.3, 0.4) is 0 Å². The second-order valence-corrected chi connectivity index (χ2v) is 7.41. The van der Waals surface area contributed by atoms with Crippen molar-refractivity contribution < 1.29 is 4.74 Å². The van der Waals surface area contributed by atoms with E-state index in [1.54, 1.807) is 7.11 Å². The Kier molecular flexibility index (Phi) is 8.36. The van der Waals surface area contributed by atoms with Gasteiger partial charge in [0, 0.05) is 31.9 Å². The Bertz CT molecular complexity index is 781. The lowest BCUT2D eigenvalue weighted by atomic mass is 10.1. The smallest absolute Gasteiger partial charge is 0.191 e. The topological polar surface area (TPSA) is 63.5 Å². The zero-order valence-corrected chi connectivity index (χ0v) is 18.2. The highest BCUT2D eigenvalue weighted by Crippen LogP contribution is 2.19. The maximum atomic E-state index is 5.41. The van der Waals surface area contributed by atoms with Gasteiger partial charge >= 0.3 is 0 Å². The van der Waals surface area contributed by atoms with Crippen molar-refractivity contribution in [2.45, 2.75) is 47.6 Å². The van der Waals surface area contributed by atoms with Gasteiger partial charge < -0.3 is 15.4 Å². The summed E-state index contributed by atoms with van der Waals surface area (Å²) in [6.45, 7) is 13.8. The lowest BCUT2D eigenvalue weighted by molar-refractivity contribution is 0.411. The fourth-order valence-electron chi connectivity index (χ4n) is 3.15. The first-order valence-electron chi connectivity index (χ1n) is 10.1. The standard InChI is InChI=1S/C22H35N5O/c1-7-23-22(24-11-10-20-9-8-17(3)21(13-20)28-6)25-14-16(2)15-27-19(5)12-18(4)26-27/h8-9,12-13,16H,7,10-11,14-15H2,1-6H3,(H2,23,24,25). The van der Waals surface area contributed by atoms with Crippen molar-refractivity contribution in [1.82, 2.24) is 20.4 Å². The molecule has 0 aliphatic rings. The molecule has 0 saturated carbocycles. The summed E-state index contributed by atoms with van der Waals surface area (Å²) in [5.41, 5.74) is 4.68. The number of nitrogens with zero attached hydrogens (tertiary/aromatic N) is 3. The number of hydrogen-bond acceptors (Lipinski definition) is 3. The van der Waals surface area contributed by atoms with Crippen LogP contribution in [0.1, 0.15) is 36.4 Å². The first-order valence-corrected chi connectivity index (χ1v) is 10.1. The maximum Gasteiger partial charge on any atom is 0.191 e. The average molecular weight is 386 g/mol. The molecule has 6 heteroatoms. The molecule has 1 aromatic heterocycles. The Hall–Kier alpha value is -2.50. The van der Waals surface area contributed by atoms with Gasteiger partial charge in [-0.15, -0.1) is 0 Å². The van der Waals surface area contributed by atoms with Crippen molar-refractivity contribution in [1.29, 1.82) is 0 Å². The first-order chi connectivity index (χ1) is 13.4. The molecular formula is C22H35N5O. The second-order valence-electron chi connectivity index (χ2n) is 7.41. The molecule has 0 radical (unpaired) electrons. The van der Waals surface area contributed by atoms with E-state index in [4.69, 9.17) is 9.73 Å². The third kappa shape index (κ3) is 6.59. The van der Waals surface area contributed by atoms with Gasteiger partial charge in [0.1, 0.15) is 5.75 Å². The molecule has 0 fully saturated rings. The van der Waals surface area contributed by atoms with Crippen molar-refractivity contribution in [2.75, 3.05) is 26.7 Å². The summed E-state index contributed by atoms with van der Waals surface area (Å²) in [5.74, 6) is 2.22. The van der Waals surface area contributed by atoms with Crippen LogP contribution in [0.25, 0.3) is 0 Å². The molecule has 1 heterocycles. The molecule has 1 aromatic carbocycles. The lowest BCUT2D eigenvalue weighted by Gasteiger charge is -2.14. The monoisotopic (exact) mass is 385 g/mol. The van der Waals surface area contributed by atoms with Crippen molar-refractivity contribution in [2.24, 2.45) is 10.9 Å². The van der Waals surface area contributed by atoms with Crippen LogP contribution in [-0.2, 0) is 13.0 Å². The van der Waals surface area contributed by atoms with Gasteiger partial charge in [0.05, 0.1) is 12.8 Å². The summed E-state index contributed by atoms with van der Waals surface area (Å²) < 4.78 is 7.48. The molecule has 0 aliphatic heterocycles. The van der Waals surface area contributed by atoms with E-state index < -0.39 is 0 Å². The summed E-state index contributed by atoms with van der Waals surface area (Å²) in [7, 11) is 1.72. The third-order valence-electron chi connectivity index (χ3n) is 4.67.